The smallest absolute Gasteiger partial charge is 0.191 e. The molecular weight excluding hydrogens is 387 g/mol. The van der Waals surface area contributed by atoms with Crippen molar-refractivity contribution in [2.24, 2.45) is 10.9 Å². The van der Waals surface area contributed by atoms with Crippen molar-refractivity contribution >= 4 is 29.9 Å². The largest absolute Gasteiger partial charge is 0.357 e. The Bertz CT molecular complexity index is 441. The van der Waals surface area contributed by atoms with Crippen molar-refractivity contribution in [1.82, 2.24) is 15.5 Å². The van der Waals surface area contributed by atoms with Crippen LogP contribution in [-0.2, 0) is 6.54 Å². The van der Waals surface area contributed by atoms with E-state index in [4.69, 9.17) is 0 Å². The summed E-state index contributed by atoms with van der Waals surface area (Å²) in [4.78, 5) is 7.00. The maximum absolute atomic E-state index is 4.67. The van der Waals surface area contributed by atoms with Crippen LogP contribution in [0.15, 0.2) is 35.3 Å². The van der Waals surface area contributed by atoms with Crippen molar-refractivity contribution in [3.05, 3.63) is 35.9 Å². The number of rotatable bonds is 7. The van der Waals surface area contributed by atoms with Crippen LogP contribution in [0.5, 0.6) is 0 Å². The minimum Gasteiger partial charge on any atom is -0.357 e. The van der Waals surface area contributed by atoms with Crippen LogP contribution in [0, 0.1) is 5.92 Å². The molecule has 2 rings (SSSR count). The topological polar surface area (TPSA) is 39.7 Å². The number of hydrogen-bond donors (Lipinski definition) is 2. The van der Waals surface area contributed by atoms with Gasteiger partial charge in [0.1, 0.15) is 0 Å². The molecule has 22 heavy (non-hydrogen) atoms. The summed E-state index contributed by atoms with van der Waals surface area (Å²) in [6.45, 7) is 4.66. The highest BCUT2D eigenvalue weighted by molar-refractivity contribution is 14.0. The van der Waals surface area contributed by atoms with Gasteiger partial charge in [-0.1, -0.05) is 30.3 Å². The van der Waals surface area contributed by atoms with Crippen molar-refractivity contribution in [2.75, 3.05) is 27.2 Å². The van der Waals surface area contributed by atoms with Gasteiger partial charge in [-0.05, 0) is 45.3 Å². The predicted molar refractivity (Wildman–Crippen MR) is 105 cm³/mol. The van der Waals surface area contributed by atoms with Gasteiger partial charge in [0.2, 0.25) is 0 Å². The Kier molecular flexibility index (Phi) is 8.78. The number of benzene rings is 1. The van der Waals surface area contributed by atoms with E-state index in [9.17, 15) is 0 Å². The molecule has 124 valence electrons. The summed E-state index contributed by atoms with van der Waals surface area (Å²) in [7, 11) is 4.33. The number of nitrogens with one attached hydrogen (secondary N) is 2. The Morgan fingerprint density at radius 1 is 1.23 bits per heavy atom. The lowest BCUT2D eigenvalue weighted by Gasteiger charge is -2.25. The lowest BCUT2D eigenvalue weighted by molar-refractivity contribution is 0.264. The van der Waals surface area contributed by atoms with Crippen LogP contribution in [0.4, 0.5) is 0 Å². The highest BCUT2D eigenvalue weighted by atomic mass is 127. The third kappa shape index (κ3) is 6.52. The Morgan fingerprint density at radius 3 is 2.45 bits per heavy atom. The average Bonchev–Trinajstić information content (AvgIpc) is 3.30. The van der Waals surface area contributed by atoms with Crippen molar-refractivity contribution in [3.8, 4) is 0 Å². The van der Waals surface area contributed by atoms with E-state index in [2.05, 4.69) is 65.8 Å². The van der Waals surface area contributed by atoms with Crippen LogP contribution in [0.1, 0.15) is 25.3 Å². The normalized spacial score (nSPS) is 16.1. The minimum absolute atomic E-state index is 0. The highest BCUT2D eigenvalue weighted by Gasteiger charge is 2.32. The van der Waals surface area contributed by atoms with Gasteiger partial charge in [0.25, 0.3) is 0 Å². The number of nitrogens with zero attached hydrogens (tertiary/aromatic N) is 2. The van der Waals surface area contributed by atoms with Gasteiger partial charge in [-0.15, -0.1) is 24.0 Å². The minimum atomic E-state index is 0. The SMILES string of the molecule is CCNC(=NCc1ccccc1)NCC(C1CC1)N(C)C.I. The van der Waals surface area contributed by atoms with E-state index in [-0.39, 0.29) is 24.0 Å². The van der Waals surface area contributed by atoms with Gasteiger partial charge in [0.15, 0.2) is 5.96 Å². The molecule has 0 spiro atoms. The first-order chi connectivity index (χ1) is 10.2. The molecule has 1 aromatic rings. The molecule has 1 fully saturated rings. The second-order valence-corrected chi connectivity index (χ2v) is 5.93. The number of likely N-dealkylation sites (N-methyl/N-ethyl adjacent to an activating group) is 1. The van der Waals surface area contributed by atoms with Crippen LogP contribution in [0.3, 0.4) is 0 Å². The quantitative estimate of drug-likeness (QED) is 0.408. The molecule has 4 nitrogen and oxygen atoms in total. The maximum Gasteiger partial charge on any atom is 0.191 e. The van der Waals surface area contributed by atoms with E-state index in [0.717, 1.165) is 25.0 Å². The van der Waals surface area contributed by atoms with Gasteiger partial charge in [-0.25, -0.2) is 4.99 Å². The summed E-state index contributed by atoms with van der Waals surface area (Å²) in [6, 6.07) is 11.0. The monoisotopic (exact) mass is 416 g/mol. The van der Waals surface area contributed by atoms with Crippen LogP contribution in [0.25, 0.3) is 0 Å². The molecule has 0 bridgehead atoms. The molecule has 1 aliphatic rings. The number of aliphatic imine (C=N–C) groups is 1. The Hall–Kier alpha value is -0.820. The van der Waals surface area contributed by atoms with E-state index in [1.54, 1.807) is 0 Å². The van der Waals surface area contributed by atoms with E-state index in [1.807, 2.05) is 6.07 Å². The van der Waals surface area contributed by atoms with E-state index < -0.39 is 0 Å². The zero-order valence-electron chi connectivity index (χ0n) is 13.9. The van der Waals surface area contributed by atoms with Crippen LogP contribution >= 0.6 is 24.0 Å². The van der Waals surface area contributed by atoms with Crippen molar-refractivity contribution < 1.29 is 0 Å². The first-order valence-corrected chi connectivity index (χ1v) is 7.93. The summed E-state index contributed by atoms with van der Waals surface area (Å²) < 4.78 is 0. The number of hydrogen-bond acceptors (Lipinski definition) is 2. The molecule has 0 aromatic heterocycles. The summed E-state index contributed by atoms with van der Waals surface area (Å²) in [5.41, 5.74) is 1.24. The molecule has 0 aliphatic heterocycles. The molecule has 1 aliphatic carbocycles. The van der Waals surface area contributed by atoms with Gasteiger partial charge in [-0.3, -0.25) is 0 Å². The molecule has 0 amide bonds. The van der Waals surface area contributed by atoms with Gasteiger partial charge in [0.05, 0.1) is 6.54 Å². The van der Waals surface area contributed by atoms with E-state index >= 15 is 0 Å². The fraction of sp³-hybridized carbons (Fsp3) is 0.588. The third-order valence-electron chi connectivity index (χ3n) is 3.91. The van der Waals surface area contributed by atoms with Crippen molar-refractivity contribution in [3.63, 3.8) is 0 Å². The fourth-order valence-corrected chi connectivity index (χ4v) is 2.55. The molecule has 1 saturated carbocycles. The van der Waals surface area contributed by atoms with Crippen LogP contribution < -0.4 is 10.6 Å². The third-order valence-corrected chi connectivity index (χ3v) is 3.91. The summed E-state index contributed by atoms with van der Waals surface area (Å²) in [5, 5.41) is 6.82. The van der Waals surface area contributed by atoms with Crippen molar-refractivity contribution in [1.29, 1.82) is 0 Å². The summed E-state index contributed by atoms with van der Waals surface area (Å²) in [5.74, 6) is 1.76. The van der Waals surface area contributed by atoms with Crippen LogP contribution in [0.2, 0.25) is 0 Å². The first kappa shape index (κ1) is 19.2. The van der Waals surface area contributed by atoms with Gasteiger partial charge in [0, 0.05) is 19.1 Å². The lowest BCUT2D eigenvalue weighted by atomic mass is 10.1. The van der Waals surface area contributed by atoms with Gasteiger partial charge in [-0.2, -0.15) is 0 Å². The Labute approximate surface area is 151 Å². The molecule has 5 heteroatoms. The zero-order valence-corrected chi connectivity index (χ0v) is 16.2. The molecule has 2 N–H and O–H groups in total. The van der Waals surface area contributed by atoms with E-state index in [0.29, 0.717) is 12.6 Å². The molecular formula is C17H29IN4. The highest BCUT2D eigenvalue weighted by Crippen LogP contribution is 2.34. The lowest BCUT2D eigenvalue weighted by Crippen LogP contribution is -2.46. The molecule has 0 heterocycles. The molecule has 0 saturated heterocycles. The average molecular weight is 416 g/mol. The molecule has 1 atom stereocenters. The standard InChI is InChI=1S/C17H28N4.HI/c1-4-18-17(19-12-14-8-6-5-7-9-14)20-13-16(21(2)3)15-10-11-15;/h5-9,15-16H,4,10-13H2,1-3H3,(H2,18,19,20);1H. The number of halogens is 1. The summed E-state index contributed by atoms with van der Waals surface area (Å²) in [6.07, 6.45) is 2.73. The first-order valence-electron chi connectivity index (χ1n) is 7.93. The fourth-order valence-electron chi connectivity index (χ4n) is 2.55. The maximum atomic E-state index is 4.67. The number of guanidine groups is 1. The van der Waals surface area contributed by atoms with E-state index in [1.165, 1.54) is 18.4 Å². The molecule has 1 aromatic carbocycles. The Balaban J connectivity index is 0.00000242. The van der Waals surface area contributed by atoms with Gasteiger partial charge < -0.3 is 15.5 Å². The van der Waals surface area contributed by atoms with Crippen molar-refractivity contribution in [2.45, 2.75) is 32.4 Å². The Morgan fingerprint density at radius 2 is 1.91 bits per heavy atom. The van der Waals surface area contributed by atoms with Crippen LogP contribution in [-0.4, -0.2) is 44.1 Å². The molecule has 1 unspecified atom stereocenters. The molecule has 0 radical (unpaired) electrons. The predicted octanol–water partition coefficient (Wildman–Crippen LogP) is 2.70. The summed E-state index contributed by atoms with van der Waals surface area (Å²) >= 11 is 0. The second kappa shape index (κ2) is 10.0. The van der Waals surface area contributed by atoms with Gasteiger partial charge >= 0.3 is 0 Å². The second-order valence-electron chi connectivity index (χ2n) is 5.93. The zero-order chi connectivity index (χ0) is 15.1.